The Morgan fingerprint density at radius 3 is 2.42 bits per heavy atom. The Bertz CT molecular complexity index is 1360. The van der Waals surface area contributed by atoms with Crippen LogP contribution in [0.15, 0.2) is 6.07 Å². The van der Waals surface area contributed by atoms with Crippen LogP contribution in [-0.2, 0) is 27.0 Å². The molecule has 0 spiro atoms. The molecular formula is C27H31F3N4O6. The van der Waals surface area contributed by atoms with E-state index in [-0.39, 0.29) is 17.9 Å². The Kier molecular flexibility index (Phi) is 6.51. The molecule has 4 aliphatic rings. The van der Waals surface area contributed by atoms with E-state index in [1.807, 2.05) is 0 Å². The number of phenolic OH excluding ortho intramolecular Hbond substituents is 1. The summed E-state index contributed by atoms with van der Waals surface area (Å²) in [7, 11) is 2.94. The minimum Gasteiger partial charge on any atom is -0.507 e. The third-order valence-corrected chi connectivity index (χ3v) is 9.31. The molecule has 216 valence electrons. The van der Waals surface area contributed by atoms with E-state index in [0.29, 0.717) is 13.0 Å². The second-order valence-corrected chi connectivity index (χ2v) is 11.7. The van der Waals surface area contributed by atoms with E-state index in [4.69, 9.17) is 11.1 Å². The summed E-state index contributed by atoms with van der Waals surface area (Å²) in [6.07, 6.45) is -4.92. The fraction of sp³-hybridized carbons (Fsp3) is 0.593. The van der Waals surface area contributed by atoms with Crippen molar-refractivity contribution in [3.63, 3.8) is 0 Å². The zero-order valence-corrected chi connectivity index (χ0v) is 22.1. The summed E-state index contributed by atoms with van der Waals surface area (Å²) in [5.41, 5.74) is -0.554. The molecule has 1 aromatic carbocycles. The predicted octanol–water partition coefficient (Wildman–Crippen LogP) is 1.01. The van der Waals surface area contributed by atoms with Crippen molar-refractivity contribution < 1.29 is 42.6 Å². The van der Waals surface area contributed by atoms with Crippen LogP contribution in [0.25, 0.3) is 0 Å². The number of aromatic hydroxyl groups is 1. The van der Waals surface area contributed by atoms with Gasteiger partial charge in [0.25, 0.3) is 0 Å². The summed E-state index contributed by atoms with van der Waals surface area (Å²) >= 11 is 0. The van der Waals surface area contributed by atoms with Crippen LogP contribution in [0.3, 0.4) is 0 Å². The number of ketones is 3. The van der Waals surface area contributed by atoms with Gasteiger partial charge in [0.1, 0.15) is 11.7 Å². The van der Waals surface area contributed by atoms with Gasteiger partial charge in [0, 0.05) is 12.0 Å². The maximum Gasteiger partial charge on any atom is 0.417 e. The highest BCUT2D eigenvalue weighted by Gasteiger charge is 2.68. The highest BCUT2D eigenvalue weighted by atomic mass is 19.4. The van der Waals surface area contributed by atoms with Gasteiger partial charge in [-0.1, -0.05) is 6.92 Å². The summed E-state index contributed by atoms with van der Waals surface area (Å²) in [6, 6.07) is -1.04. The van der Waals surface area contributed by atoms with Gasteiger partial charge < -0.3 is 26.7 Å². The number of nitrogens with zero attached hydrogens (tertiary/aromatic N) is 1. The molecule has 0 aromatic heterocycles. The van der Waals surface area contributed by atoms with E-state index in [2.05, 4.69) is 5.32 Å². The number of nitrogens with one attached hydrogen (secondary N) is 2. The molecule has 1 aromatic rings. The van der Waals surface area contributed by atoms with E-state index in [1.54, 1.807) is 6.92 Å². The maximum absolute atomic E-state index is 14.6. The second-order valence-electron chi connectivity index (χ2n) is 11.7. The van der Waals surface area contributed by atoms with Crippen molar-refractivity contribution in [2.45, 2.75) is 50.0 Å². The SMILES string of the molecule is CC1CCNC1c1cc(O)c2c(c1C(F)(F)F)CC1CC3C(N(C)C)C(=O)C(C(N)=O)C(=N)C3(O)C(=O)C1C2=O. The van der Waals surface area contributed by atoms with Crippen molar-refractivity contribution in [1.29, 1.82) is 5.41 Å². The zero-order chi connectivity index (χ0) is 29.6. The minimum absolute atomic E-state index is 0.171. The van der Waals surface area contributed by atoms with E-state index in [1.165, 1.54) is 19.0 Å². The average Bonchev–Trinajstić information content (AvgIpc) is 3.25. The molecule has 10 nitrogen and oxygen atoms in total. The van der Waals surface area contributed by atoms with Crippen molar-refractivity contribution in [2.75, 3.05) is 20.6 Å². The number of phenols is 1. The normalized spacial score (nSPS) is 36.0. The molecule has 1 saturated heterocycles. The fourth-order valence-electron chi connectivity index (χ4n) is 7.59. The first-order valence-corrected chi connectivity index (χ1v) is 13.1. The van der Waals surface area contributed by atoms with Gasteiger partial charge in [-0.3, -0.25) is 24.1 Å². The number of fused-ring (bicyclic) bond motifs is 3. The number of hydrogen-bond donors (Lipinski definition) is 5. The quantitative estimate of drug-likeness (QED) is 0.338. The molecule has 0 radical (unpaired) electrons. The van der Waals surface area contributed by atoms with Gasteiger partial charge in [-0.15, -0.1) is 0 Å². The monoisotopic (exact) mass is 564 g/mol. The number of benzene rings is 1. The highest BCUT2D eigenvalue weighted by molar-refractivity contribution is 6.33. The van der Waals surface area contributed by atoms with Crippen LogP contribution in [-0.4, -0.2) is 76.4 Å². The van der Waals surface area contributed by atoms with Gasteiger partial charge in [-0.25, -0.2) is 0 Å². The van der Waals surface area contributed by atoms with E-state index in [9.17, 15) is 42.6 Å². The lowest BCUT2D eigenvalue weighted by molar-refractivity contribution is -0.157. The summed E-state index contributed by atoms with van der Waals surface area (Å²) in [5.74, 6) is -11.1. The lowest BCUT2D eigenvalue weighted by Crippen LogP contribution is -2.73. The first-order chi connectivity index (χ1) is 18.5. The Morgan fingerprint density at radius 2 is 1.90 bits per heavy atom. The molecule has 0 bridgehead atoms. The number of alkyl halides is 3. The van der Waals surface area contributed by atoms with Crippen molar-refractivity contribution in [3.05, 3.63) is 28.3 Å². The highest BCUT2D eigenvalue weighted by Crippen LogP contribution is 2.53. The molecule has 8 unspecified atom stereocenters. The number of likely N-dealkylation sites (N-methyl/N-ethyl adjacent to an activating group) is 1. The number of halogens is 3. The van der Waals surface area contributed by atoms with Crippen LogP contribution in [0.1, 0.15) is 52.9 Å². The van der Waals surface area contributed by atoms with Crippen LogP contribution in [0.5, 0.6) is 5.75 Å². The van der Waals surface area contributed by atoms with Gasteiger partial charge in [0.05, 0.1) is 28.8 Å². The van der Waals surface area contributed by atoms with E-state index in [0.717, 1.165) is 6.07 Å². The molecule has 2 saturated carbocycles. The molecule has 8 atom stereocenters. The molecular weight excluding hydrogens is 533 g/mol. The van der Waals surface area contributed by atoms with Gasteiger partial charge in [0.2, 0.25) is 5.91 Å². The molecule has 1 aliphatic heterocycles. The lowest BCUT2D eigenvalue weighted by Gasteiger charge is -2.53. The molecule has 6 N–H and O–H groups in total. The van der Waals surface area contributed by atoms with Gasteiger partial charge in [-0.05, 0) is 68.9 Å². The Labute approximate surface area is 227 Å². The molecule has 5 rings (SSSR count). The van der Waals surface area contributed by atoms with Crippen LogP contribution in [0.2, 0.25) is 0 Å². The predicted molar refractivity (Wildman–Crippen MR) is 134 cm³/mol. The van der Waals surface area contributed by atoms with Gasteiger partial charge >= 0.3 is 6.18 Å². The number of rotatable bonds is 3. The first-order valence-electron chi connectivity index (χ1n) is 13.1. The van der Waals surface area contributed by atoms with Crippen LogP contribution in [0.4, 0.5) is 13.2 Å². The van der Waals surface area contributed by atoms with Crippen molar-refractivity contribution >= 4 is 29.0 Å². The third-order valence-electron chi connectivity index (χ3n) is 9.31. The summed E-state index contributed by atoms with van der Waals surface area (Å²) in [4.78, 5) is 54.4. The number of aliphatic hydroxyl groups is 1. The number of primary amides is 1. The second kappa shape index (κ2) is 9.18. The van der Waals surface area contributed by atoms with Crippen molar-refractivity contribution in [1.82, 2.24) is 10.2 Å². The summed E-state index contributed by atoms with van der Waals surface area (Å²) in [6.45, 7) is 2.27. The smallest absolute Gasteiger partial charge is 0.417 e. The number of Topliss-reactive ketones (excluding diaryl/α,β-unsaturated/α-hetero) is 3. The number of carbonyl (C=O) groups is 4. The zero-order valence-electron chi connectivity index (χ0n) is 22.1. The number of amides is 1. The molecule has 1 heterocycles. The topological polar surface area (TPSA) is 174 Å². The maximum atomic E-state index is 14.6. The molecule has 40 heavy (non-hydrogen) atoms. The van der Waals surface area contributed by atoms with E-state index < -0.39 is 105 Å². The molecule has 1 amide bonds. The average molecular weight is 565 g/mol. The molecule has 3 aliphatic carbocycles. The Morgan fingerprint density at radius 1 is 1.25 bits per heavy atom. The Hall–Kier alpha value is -3.16. The van der Waals surface area contributed by atoms with Crippen LogP contribution in [0, 0.1) is 35.0 Å². The Balaban J connectivity index is 1.69. The molecule has 13 heteroatoms. The number of hydrogen-bond acceptors (Lipinski definition) is 9. The number of nitrogens with two attached hydrogens (primary N) is 1. The summed E-state index contributed by atoms with van der Waals surface area (Å²) in [5, 5.41) is 34.1. The lowest BCUT2D eigenvalue weighted by atomic mass is 9.52. The third kappa shape index (κ3) is 3.77. The van der Waals surface area contributed by atoms with Crippen molar-refractivity contribution in [3.8, 4) is 5.75 Å². The van der Waals surface area contributed by atoms with E-state index >= 15 is 0 Å². The first kappa shape index (κ1) is 28.4. The van der Waals surface area contributed by atoms with Crippen LogP contribution < -0.4 is 11.1 Å². The molecule has 3 fully saturated rings. The fourth-order valence-corrected chi connectivity index (χ4v) is 7.59. The largest absolute Gasteiger partial charge is 0.507 e. The van der Waals surface area contributed by atoms with Crippen LogP contribution >= 0.6 is 0 Å². The minimum atomic E-state index is -4.88. The number of carbonyl (C=O) groups excluding carboxylic acids is 4. The van der Waals surface area contributed by atoms with Gasteiger partial charge in [-0.2, -0.15) is 13.2 Å². The summed E-state index contributed by atoms with van der Waals surface area (Å²) < 4.78 is 43.9. The standard InChI is InChI=1S/C27H31F3N4O6/c1-9-4-5-33-19(9)12-8-14(35)16-11(18(12)27(28,29)30)6-10-7-13-20(34(2)3)22(37)17(25(32)39)23(31)26(13,40)24(38)15(10)21(16)36/h8-10,13,15,17,19-20,31,33,35,40H,4-7H2,1-3H3,(H2,32,39). The van der Waals surface area contributed by atoms with Gasteiger partial charge in [0.15, 0.2) is 23.0 Å². The van der Waals surface area contributed by atoms with Crippen molar-refractivity contribution in [2.24, 2.45) is 35.3 Å².